The van der Waals surface area contributed by atoms with Crippen molar-refractivity contribution in [2.24, 2.45) is 0 Å². The van der Waals surface area contributed by atoms with E-state index in [1.807, 2.05) is 4.90 Å². The Hall–Kier alpha value is -3.16. The Labute approximate surface area is 211 Å². The molecular weight excluding hydrogens is 461 g/mol. The standard InChI is InChI=1S/C26H34FN7O2/c1-32-12-4-5-19(32)17-36-26-30-21-16-33(22-6-3-7-23(35-2)24(22)27)13-9-20(21)25(31-26)34-14-11-29-18(15-34)8-10-28/h3,6-7,18-19,29H,4-5,8-9,11-17H2,1-2H3/t18?,19-/m0/s1. The Kier molecular flexibility index (Phi) is 7.39. The monoisotopic (exact) mass is 495 g/mol. The molecule has 1 aromatic carbocycles. The van der Waals surface area contributed by atoms with Gasteiger partial charge in [0, 0.05) is 43.8 Å². The molecule has 2 atom stereocenters. The number of nitrogens with zero attached hydrogens (tertiary/aromatic N) is 6. The molecule has 0 spiro atoms. The second-order valence-electron chi connectivity index (χ2n) is 9.77. The smallest absolute Gasteiger partial charge is 0.318 e. The maximum absolute atomic E-state index is 15.1. The fraction of sp³-hybridized carbons (Fsp3) is 0.577. The molecule has 0 radical (unpaired) electrons. The Balaban J connectivity index is 1.44. The first kappa shape index (κ1) is 24.5. The van der Waals surface area contributed by atoms with Crippen LogP contribution in [0.4, 0.5) is 15.9 Å². The number of aromatic nitrogens is 2. The van der Waals surface area contributed by atoms with Crippen LogP contribution in [0.1, 0.15) is 30.5 Å². The van der Waals surface area contributed by atoms with Crippen molar-refractivity contribution in [2.75, 3.05) is 63.3 Å². The number of likely N-dealkylation sites (N-methyl/N-ethyl adjacent to an activating group) is 1. The van der Waals surface area contributed by atoms with Crippen molar-refractivity contribution >= 4 is 11.5 Å². The van der Waals surface area contributed by atoms with Crippen LogP contribution in [-0.2, 0) is 13.0 Å². The SMILES string of the molecule is COc1cccc(N2CCc3c(nc(OC[C@@H]4CCCN4C)nc3N3CCNC(CC#N)C3)C2)c1F. The summed E-state index contributed by atoms with van der Waals surface area (Å²) in [6.45, 7) is 5.01. The lowest BCUT2D eigenvalue weighted by molar-refractivity contribution is 0.187. The zero-order chi connectivity index (χ0) is 25.1. The van der Waals surface area contributed by atoms with Crippen LogP contribution in [-0.4, -0.2) is 80.4 Å². The number of benzene rings is 1. The number of hydrogen-bond acceptors (Lipinski definition) is 9. The average molecular weight is 496 g/mol. The topological polar surface area (TPSA) is 89.8 Å². The van der Waals surface area contributed by atoms with Crippen molar-refractivity contribution in [3.05, 3.63) is 35.3 Å². The molecule has 1 aromatic heterocycles. The summed E-state index contributed by atoms with van der Waals surface area (Å²) in [5, 5.41) is 12.6. The van der Waals surface area contributed by atoms with E-state index in [2.05, 4.69) is 28.2 Å². The molecule has 10 heteroatoms. The minimum Gasteiger partial charge on any atom is -0.494 e. The number of ether oxygens (including phenoxy) is 2. The number of hydrogen-bond donors (Lipinski definition) is 1. The Morgan fingerprint density at radius 2 is 2.11 bits per heavy atom. The number of anilines is 2. The summed E-state index contributed by atoms with van der Waals surface area (Å²) in [5.74, 6) is 0.751. The Morgan fingerprint density at radius 1 is 1.22 bits per heavy atom. The van der Waals surface area contributed by atoms with Crippen LogP contribution in [0.15, 0.2) is 18.2 Å². The van der Waals surface area contributed by atoms with Crippen LogP contribution in [0.3, 0.4) is 0 Å². The molecule has 3 aliphatic heterocycles. The third kappa shape index (κ3) is 5.04. The van der Waals surface area contributed by atoms with Gasteiger partial charge in [0.2, 0.25) is 0 Å². The molecule has 5 rings (SSSR count). The summed E-state index contributed by atoms with van der Waals surface area (Å²) in [6.07, 6.45) is 3.41. The van der Waals surface area contributed by atoms with E-state index in [1.165, 1.54) is 13.5 Å². The lowest BCUT2D eigenvalue weighted by Gasteiger charge is -2.37. The van der Waals surface area contributed by atoms with E-state index in [0.717, 1.165) is 43.1 Å². The van der Waals surface area contributed by atoms with E-state index < -0.39 is 0 Å². The first-order valence-electron chi connectivity index (χ1n) is 12.7. The van der Waals surface area contributed by atoms with Gasteiger partial charge in [-0.1, -0.05) is 6.07 Å². The highest BCUT2D eigenvalue weighted by atomic mass is 19.1. The van der Waals surface area contributed by atoms with E-state index in [9.17, 15) is 5.26 Å². The third-order valence-electron chi connectivity index (χ3n) is 7.50. The molecule has 36 heavy (non-hydrogen) atoms. The van der Waals surface area contributed by atoms with Gasteiger partial charge in [-0.25, -0.2) is 4.39 Å². The van der Waals surface area contributed by atoms with Crippen molar-refractivity contribution in [1.29, 1.82) is 5.26 Å². The van der Waals surface area contributed by atoms with Gasteiger partial charge < -0.3 is 29.5 Å². The van der Waals surface area contributed by atoms with Crippen molar-refractivity contribution < 1.29 is 13.9 Å². The number of nitriles is 1. The van der Waals surface area contributed by atoms with Crippen LogP contribution in [0.2, 0.25) is 0 Å². The molecule has 2 aromatic rings. The highest BCUT2D eigenvalue weighted by Gasteiger charge is 2.30. The zero-order valence-corrected chi connectivity index (χ0v) is 21.0. The zero-order valence-electron chi connectivity index (χ0n) is 21.0. The van der Waals surface area contributed by atoms with Crippen molar-refractivity contribution in [3.63, 3.8) is 0 Å². The summed E-state index contributed by atoms with van der Waals surface area (Å²) in [5.41, 5.74) is 2.45. The first-order chi connectivity index (χ1) is 17.6. The molecule has 1 unspecified atom stereocenters. The Morgan fingerprint density at radius 3 is 2.89 bits per heavy atom. The fourth-order valence-corrected chi connectivity index (χ4v) is 5.45. The predicted octanol–water partition coefficient (Wildman–Crippen LogP) is 2.35. The van der Waals surface area contributed by atoms with Crippen LogP contribution in [0, 0.1) is 17.1 Å². The van der Waals surface area contributed by atoms with Crippen molar-refractivity contribution in [1.82, 2.24) is 20.2 Å². The maximum atomic E-state index is 15.1. The summed E-state index contributed by atoms with van der Waals surface area (Å²) >= 11 is 0. The number of nitrogens with one attached hydrogen (secondary N) is 1. The van der Waals surface area contributed by atoms with Gasteiger partial charge in [0.15, 0.2) is 11.6 Å². The molecule has 192 valence electrons. The lowest BCUT2D eigenvalue weighted by atomic mass is 10.0. The summed E-state index contributed by atoms with van der Waals surface area (Å²) < 4.78 is 26.4. The van der Waals surface area contributed by atoms with Crippen LogP contribution in [0.25, 0.3) is 0 Å². The van der Waals surface area contributed by atoms with E-state index in [0.29, 0.717) is 56.8 Å². The number of piperazine rings is 1. The molecule has 0 saturated carbocycles. The second kappa shape index (κ2) is 10.8. The molecule has 2 saturated heterocycles. The van der Waals surface area contributed by atoms with E-state index in [1.54, 1.807) is 18.2 Å². The van der Waals surface area contributed by atoms with E-state index in [-0.39, 0.29) is 17.6 Å². The predicted molar refractivity (Wildman–Crippen MR) is 135 cm³/mol. The third-order valence-corrected chi connectivity index (χ3v) is 7.50. The normalized spacial score (nSPS) is 22.3. The van der Waals surface area contributed by atoms with Gasteiger partial charge in [0.05, 0.1) is 37.5 Å². The molecule has 9 nitrogen and oxygen atoms in total. The van der Waals surface area contributed by atoms with Gasteiger partial charge in [-0.15, -0.1) is 0 Å². The van der Waals surface area contributed by atoms with E-state index in [4.69, 9.17) is 19.4 Å². The molecule has 2 fully saturated rings. The highest BCUT2D eigenvalue weighted by Crippen LogP contribution is 2.34. The van der Waals surface area contributed by atoms with E-state index >= 15 is 4.39 Å². The number of rotatable bonds is 7. The number of methoxy groups -OCH3 is 1. The van der Waals surface area contributed by atoms with Crippen molar-refractivity contribution in [3.8, 4) is 17.8 Å². The number of halogens is 1. The molecule has 4 heterocycles. The van der Waals surface area contributed by atoms with Gasteiger partial charge in [0.25, 0.3) is 0 Å². The highest BCUT2D eigenvalue weighted by molar-refractivity contribution is 5.58. The quantitative estimate of drug-likeness (QED) is 0.622. The van der Waals surface area contributed by atoms with Gasteiger partial charge in [-0.2, -0.15) is 15.2 Å². The minimum absolute atomic E-state index is 0.0943. The van der Waals surface area contributed by atoms with Crippen LogP contribution >= 0.6 is 0 Å². The average Bonchev–Trinajstić information content (AvgIpc) is 3.31. The second-order valence-corrected chi connectivity index (χ2v) is 9.77. The van der Waals surface area contributed by atoms with Gasteiger partial charge in [-0.3, -0.25) is 0 Å². The molecule has 0 amide bonds. The minimum atomic E-state index is -0.361. The van der Waals surface area contributed by atoms with Crippen molar-refractivity contribution in [2.45, 2.75) is 44.3 Å². The summed E-state index contributed by atoms with van der Waals surface area (Å²) in [6, 6.07) is 8.31. The molecule has 3 aliphatic rings. The molecule has 1 N–H and O–H groups in total. The molecule has 0 aliphatic carbocycles. The number of likely N-dealkylation sites (tertiary alicyclic amines) is 1. The van der Waals surface area contributed by atoms with Crippen LogP contribution in [0.5, 0.6) is 11.8 Å². The van der Waals surface area contributed by atoms with Gasteiger partial charge in [-0.05, 0) is 45.0 Å². The summed E-state index contributed by atoms with van der Waals surface area (Å²) in [7, 11) is 3.60. The fourth-order valence-electron chi connectivity index (χ4n) is 5.45. The lowest BCUT2D eigenvalue weighted by Crippen LogP contribution is -2.51. The first-order valence-corrected chi connectivity index (χ1v) is 12.7. The molecular formula is C26H34FN7O2. The number of fused-ring (bicyclic) bond motifs is 1. The van der Waals surface area contributed by atoms with Gasteiger partial charge in [0.1, 0.15) is 12.4 Å². The van der Waals surface area contributed by atoms with Gasteiger partial charge >= 0.3 is 6.01 Å². The Bertz CT molecular complexity index is 1120. The summed E-state index contributed by atoms with van der Waals surface area (Å²) in [4.78, 5) is 16.3. The molecule has 0 bridgehead atoms. The largest absolute Gasteiger partial charge is 0.494 e. The maximum Gasteiger partial charge on any atom is 0.318 e. The van der Waals surface area contributed by atoms with Crippen LogP contribution < -0.4 is 24.6 Å².